The second-order valence-corrected chi connectivity index (χ2v) is 6.49. The minimum absolute atomic E-state index is 0.497. The van der Waals surface area contributed by atoms with Crippen molar-refractivity contribution < 1.29 is 9.47 Å². The summed E-state index contributed by atoms with van der Waals surface area (Å²) in [6, 6.07) is 23.7. The molecule has 0 aliphatic rings. The quantitative estimate of drug-likeness (QED) is 0.563. The Morgan fingerprint density at radius 1 is 0.926 bits per heavy atom. The van der Waals surface area contributed by atoms with Crippen LogP contribution in [0.2, 0.25) is 0 Å². The van der Waals surface area contributed by atoms with Crippen molar-refractivity contribution in [1.29, 1.82) is 0 Å². The monoisotopic (exact) mass is 378 g/mol. The summed E-state index contributed by atoms with van der Waals surface area (Å²) < 4.78 is 11.2. The molecule has 3 rings (SSSR count). The Hall–Kier alpha value is -3.05. The van der Waals surface area contributed by atoms with Crippen molar-refractivity contribution in [3.63, 3.8) is 0 Å². The fourth-order valence-electron chi connectivity index (χ4n) is 2.58. The van der Waals surface area contributed by atoms with Crippen LogP contribution < -0.4 is 20.1 Å². The number of rotatable bonds is 6. The first-order valence-electron chi connectivity index (χ1n) is 8.63. The fourth-order valence-corrected chi connectivity index (χ4v) is 2.81. The van der Waals surface area contributed by atoms with Gasteiger partial charge in [-0.15, -0.1) is 0 Å². The first kappa shape index (κ1) is 18.7. The van der Waals surface area contributed by atoms with Crippen molar-refractivity contribution in [2.45, 2.75) is 13.5 Å². The summed E-state index contributed by atoms with van der Waals surface area (Å²) in [5, 5.41) is 6.84. The minimum Gasteiger partial charge on any atom is -0.495 e. The standard InChI is InChI=1S/C22H22N2O2S/c1-16-8-13-21(25-2)20(14-16)24-22(27)23-18-9-11-19(12-10-18)26-15-17-6-4-3-5-7-17/h3-14H,15H2,1-2H3,(H2,23,24,27). The Morgan fingerprint density at radius 2 is 1.67 bits per heavy atom. The SMILES string of the molecule is COc1ccc(C)cc1NC(=S)Nc1ccc(OCc2ccccc2)cc1. The number of nitrogens with one attached hydrogen (secondary N) is 2. The van der Waals surface area contributed by atoms with E-state index in [4.69, 9.17) is 21.7 Å². The van der Waals surface area contributed by atoms with Gasteiger partial charge >= 0.3 is 0 Å². The van der Waals surface area contributed by atoms with Crippen LogP contribution in [0.3, 0.4) is 0 Å². The summed E-state index contributed by atoms with van der Waals surface area (Å²) in [7, 11) is 1.64. The van der Waals surface area contributed by atoms with E-state index >= 15 is 0 Å². The lowest BCUT2D eigenvalue weighted by Gasteiger charge is -2.14. The second-order valence-electron chi connectivity index (χ2n) is 6.08. The Labute approximate surface area is 165 Å². The predicted molar refractivity (Wildman–Crippen MR) is 115 cm³/mol. The number of hydrogen-bond donors (Lipinski definition) is 2. The smallest absolute Gasteiger partial charge is 0.175 e. The summed E-state index contributed by atoms with van der Waals surface area (Å²) in [4.78, 5) is 0. The maximum Gasteiger partial charge on any atom is 0.175 e. The molecule has 0 heterocycles. The molecule has 0 spiro atoms. The zero-order valence-electron chi connectivity index (χ0n) is 15.4. The largest absolute Gasteiger partial charge is 0.495 e. The lowest BCUT2D eigenvalue weighted by Crippen LogP contribution is -2.19. The van der Waals surface area contributed by atoms with E-state index in [1.165, 1.54) is 0 Å². The topological polar surface area (TPSA) is 42.5 Å². The Balaban J connectivity index is 1.56. The summed E-state index contributed by atoms with van der Waals surface area (Å²) >= 11 is 5.41. The third-order valence-corrected chi connectivity index (χ3v) is 4.17. The minimum atomic E-state index is 0.497. The van der Waals surface area contributed by atoms with Gasteiger partial charge in [0, 0.05) is 5.69 Å². The average Bonchev–Trinajstić information content (AvgIpc) is 2.68. The van der Waals surface area contributed by atoms with E-state index in [1.807, 2.05) is 79.7 Å². The van der Waals surface area contributed by atoms with Crippen molar-refractivity contribution in [3.8, 4) is 11.5 Å². The maximum atomic E-state index is 5.80. The van der Waals surface area contributed by atoms with E-state index in [1.54, 1.807) is 7.11 Å². The van der Waals surface area contributed by atoms with Crippen LogP contribution in [0.25, 0.3) is 0 Å². The van der Waals surface area contributed by atoms with E-state index in [2.05, 4.69) is 10.6 Å². The van der Waals surface area contributed by atoms with Crippen molar-refractivity contribution in [2.75, 3.05) is 17.7 Å². The zero-order valence-corrected chi connectivity index (χ0v) is 16.2. The molecule has 0 radical (unpaired) electrons. The molecule has 0 saturated heterocycles. The number of methoxy groups -OCH3 is 1. The predicted octanol–water partition coefficient (Wildman–Crippen LogP) is 5.39. The average molecular weight is 378 g/mol. The van der Waals surface area contributed by atoms with E-state index < -0.39 is 0 Å². The summed E-state index contributed by atoms with van der Waals surface area (Å²) in [6.45, 7) is 2.57. The van der Waals surface area contributed by atoms with Crippen LogP contribution >= 0.6 is 12.2 Å². The highest BCUT2D eigenvalue weighted by molar-refractivity contribution is 7.80. The van der Waals surface area contributed by atoms with Crippen LogP contribution in [0.4, 0.5) is 11.4 Å². The molecule has 0 amide bonds. The van der Waals surface area contributed by atoms with Gasteiger partial charge in [-0.2, -0.15) is 0 Å². The Morgan fingerprint density at radius 3 is 2.37 bits per heavy atom. The van der Waals surface area contributed by atoms with Gasteiger partial charge in [0.1, 0.15) is 18.1 Å². The van der Waals surface area contributed by atoms with Gasteiger partial charge in [-0.25, -0.2) is 0 Å². The molecule has 0 aliphatic heterocycles. The van der Waals surface area contributed by atoms with E-state index in [-0.39, 0.29) is 0 Å². The normalized spacial score (nSPS) is 10.1. The van der Waals surface area contributed by atoms with Crippen LogP contribution in [0.5, 0.6) is 11.5 Å². The van der Waals surface area contributed by atoms with Gasteiger partial charge in [0.2, 0.25) is 0 Å². The van der Waals surface area contributed by atoms with Gasteiger partial charge in [0.15, 0.2) is 5.11 Å². The van der Waals surface area contributed by atoms with Crippen LogP contribution in [0.1, 0.15) is 11.1 Å². The zero-order chi connectivity index (χ0) is 19.1. The van der Waals surface area contributed by atoms with Gasteiger partial charge in [-0.05, 0) is 66.7 Å². The van der Waals surface area contributed by atoms with Gasteiger partial charge in [0.05, 0.1) is 12.8 Å². The number of thiocarbonyl (C=S) groups is 1. The van der Waals surface area contributed by atoms with Crippen LogP contribution in [-0.2, 0) is 6.61 Å². The Bertz CT molecular complexity index is 896. The van der Waals surface area contributed by atoms with Crippen molar-refractivity contribution >= 4 is 28.7 Å². The number of anilines is 2. The number of benzene rings is 3. The molecule has 138 valence electrons. The molecule has 3 aromatic carbocycles. The molecule has 0 bridgehead atoms. The molecule has 0 aliphatic carbocycles. The summed E-state index contributed by atoms with van der Waals surface area (Å²) in [5.74, 6) is 1.55. The van der Waals surface area contributed by atoms with Crippen LogP contribution in [0, 0.1) is 6.92 Å². The third kappa shape index (κ3) is 5.46. The highest BCUT2D eigenvalue weighted by Crippen LogP contribution is 2.25. The first-order valence-corrected chi connectivity index (χ1v) is 9.04. The molecule has 0 fully saturated rings. The molecule has 0 atom stereocenters. The van der Waals surface area contributed by atoms with Crippen LogP contribution in [0.15, 0.2) is 72.8 Å². The van der Waals surface area contributed by atoms with Gasteiger partial charge in [-0.3, -0.25) is 0 Å². The Kier molecular flexibility index (Phi) is 6.28. The molecule has 3 aromatic rings. The number of hydrogen-bond acceptors (Lipinski definition) is 3. The van der Waals surface area contributed by atoms with E-state index in [0.29, 0.717) is 11.7 Å². The number of aryl methyl sites for hydroxylation is 1. The van der Waals surface area contributed by atoms with Crippen molar-refractivity contribution in [2.24, 2.45) is 0 Å². The lowest BCUT2D eigenvalue weighted by atomic mass is 10.2. The van der Waals surface area contributed by atoms with E-state index in [9.17, 15) is 0 Å². The van der Waals surface area contributed by atoms with Gasteiger partial charge < -0.3 is 20.1 Å². The highest BCUT2D eigenvalue weighted by Gasteiger charge is 2.06. The molecule has 0 saturated carbocycles. The maximum absolute atomic E-state index is 5.80. The van der Waals surface area contributed by atoms with Gasteiger partial charge in [-0.1, -0.05) is 36.4 Å². The molecular weight excluding hydrogens is 356 g/mol. The van der Waals surface area contributed by atoms with Gasteiger partial charge in [0.25, 0.3) is 0 Å². The number of ether oxygens (including phenoxy) is 2. The molecular formula is C22H22N2O2S. The molecule has 27 heavy (non-hydrogen) atoms. The fraction of sp³-hybridized carbons (Fsp3) is 0.136. The molecule has 0 unspecified atom stereocenters. The van der Waals surface area contributed by atoms with Crippen molar-refractivity contribution in [1.82, 2.24) is 0 Å². The third-order valence-electron chi connectivity index (χ3n) is 3.96. The first-order chi connectivity index (χ1) is 13.1. The van der Waals surface area contributed by atoms with E-state index in [0.717, 1.165) is 34.0 Å². The van der Waals surface area contributed by atoms with Crippen molar-refractivity contribution in [3.05, 3.63) is 83.9 Å². The molecule has 5 heteroatoms. The highest BCUT2D eigenvalue weighted by atomic mass is 32.1. The summed E-state index contributed by atoms with van der Waals surface area (Å²) in [5.41, 5.74) is 3.97. The van der Waals surface area contributed by atoms with Crippen LogP contribution in [-0.4, -0.2) is 12.2 Å². The second kappa shape index (κ2) is 9.05. The molecule has 0 aromatic heterocycles. The summed E-state index contributed by atoms with van der Waals surface area (Å²) in [6.07, 6.45) is 0. The lowest BCUT2D eigenvalue weighted by molar-refractivity contribution is 0.306. The molecule has 2 N–H and O–H groups in total. The molecule has 4 nitrogen and oxygen atoms in total.